The van der Waals surface area contributed by atoms with E-state index in [1.54, 1.807) is 21.1 Å². The quantitative estimate of drug-likeness (QED) is 0.723. The van der Waals surface area contributed by atoms with E-state index in [4.69, 9.17) is 0 Å². The zero-order valence-corrected chi connectivity index (χ0v) is 12.9. The number of methoxy groups -OCH3 is 1. The van der Waals surface area contributed by atoms with Crippen molar-refractivity contribution in [2.75, 3.05) is 32.2 Å². The number of Topliss-reactive ketones (excluding diaryl/α,β-unsaturated/α-hetero) is 1. The molecule has 0 aliphatic carbocycles. The number of nitrogens with zero attached hydrogens (tertiary/aromatic N) is 1. The minimum atomic E-state index is 0. The number of benzene rings is 1. The van der Waals surface area contributed by atoms with Gasteiger partial charge in [0.15, 0.2) is 5.78 Å². The van der Waals surface area contributed by atoms with Gasteiger partial charge in [-0.1, -0.05) is 33.4 Å². The Kier molecular flexibility index (Phi) is 13.3. The third-order valence-corrected chi connectivity index (χ3v) is 2.61. The zero-order valence-electron chi connectivity index (χ0n) is 12.9. The van der Waals surface area contributed by atoms with Crippen molar-refractivity contribution >= 4 is 11.5 Å². The summed E-state index contributed by atoms with van der Waals surface area (Å²) in [5.74, 6) is 0.146. The highest BCUT2D eigenvalue weighted by Gasteiger charge is 2.11. The Balaban J connectivity index is 0. The van der Waals surface area contributed by atoms with Gasteiger partial charge in [-0.3, -0.25) is 4.79 Å². The molecule has 1 rings (SSSR count). The summed E-state index contributed by atoms with van der Waals surface area (Å²) in [6.07, 6.45) is 2.21. The first-order valence-electron chi connectivity index (χ1n) is 6.87. The Hall–Kier alpha value is -1.35. The molecule has 0 heterocycles. The molecule has 0 spiro atoms. The summed E-state index contributed by atoms with van der Waals surface area (Å²) in [7, 11) is 3.25. The standard InChI is InChI=1S/C14H21NO.C2H6O.CH4/c1-4-10-15(11-5-2)14-9-7-6-8-13(14)12(3)16;1-3-2;/h6-9H,4-5,10-11H2,1-3H3;1-2H3;1H4. The molecule has 1 aromatic carbocycles. The molecule has 20 heavy (non-hydrogen) atoms. The van der Waals surface area contributed by atoms with Crippen LogP contribution in [0, 0.1) is 0 Å². The molecule has 0 aromatic heterocycles. The number of anilines is 1. The maximum absolute atomic E-state index is 11.6. The van der Waals surface area contributed by atoms with Crippen molar-refractivity contribution in [3.63, 3.8) is 0 Å². The third-order valence-electron chi connectivity index (χ3n) is 2.61. The van der Waals surface area contributed by atoms with Crippen molar-refractivity contribution in [1.82, 2.24) is 0 Å². The van der Waals surface area contributed by atoms with Gasteiger partial charge in [0.2, 0.25) is 0 Å². The second-order valence-corrected chi connectivity index (χ2v) is 4.47. The molecule has 0 aliphatic heterocycles. The molecule has 3 nitrogen and oxygen atoms in total. The third kappa shape index (κ3) is 7.29. The van der Waals surface area contributed by atoms with E-state index in [9.17, 15) is 4.79 Å². The Morgan fingerprint density at radius 2 is 1.55 bits per heavy atom. The lowest BCUT2D eigenvalue weighted by molar-refractivity contribution is 0.101. The van der Waals surface area contributed by atoms with Crippen LogP contribution in [0.15, 0.2) is 24.3 Å². The Morgan fingerprint density at radius 3 is 1.95 bits per heavy atom. The van der Waals surface area contributed by atoms with Gasteiger partial charge in [-0.15, -0.1) is 0 Å². The van der Waals surface area contributed by atoms with Crippen molar-refractivity contribution in [2.24, 2.45) is 0 Å². The Bertz CT molecular complexity index is 358. The number of carbonyl (C=O) groups is 1. The molecule has 0 radical (unpaired) electrons. The van der Waals surface area contributed by atoms with Gasteiger partial charge in [-0.25, -0.2) is 0 Å². The van der Waals surface area contributed by atoms with E-state index in [0.717, 1.165) is 37.2 Å². The smallest absolute Gasteiger partial charge is 0.161 e. The Labute approximate surface area is 124 Å². The number of carbonyl (C=O) groups excluding carboxylic acids is 1. The molecule has 0 fully saturated rings. The zero-order chi connectivity index (χ0) is 14.7. The Morgan fingerprint density at radius 1 is 1.10 bits per heavy atom. The summed E-state index contributed by atoms with van der Waals surface area (Å²) >= 11 is 0. The predicted octanol–water partition coefficient (Wildman–Crippen LogP) is 4.41. The van der Waals surface area contributed by atoms with Gasteiger partial charge in [0.25, 0.3) is 0 Å². The van der Waals surface area contributed by atoms with Crippen LogP contribution in [0.5, 0.6) is 0 Å². The van der Waals surface area contributed by atoms with E-state index in [1.807, 2.05) is 24.3 Å². The van der Waals surface area contributed by atoms with E-state index in [1.165, 1.54) is 0 Å². The van der Waals surface area contributed by atoms with Crippen LogP contribution in [0.3, 0.4) is 0 Å². The molecule has 3 heteroatoms. The molecule has 0 unspecified atom stereocenters. The molecule has 0 amide bonds. The molecular formula is C17H31NO2. The van der Waals surface area contributed by atoms with E-state index < -0.39 is 0 Å². The highest BCUT2D eigenvalue weighted by molar-refractivity contribution is 5.99. The van der Waals surface area contributed by atoms with Crippen molar-refractivity contribution < 1.29 is 9.53 Å². The predicted molar refractivity (Wildman–Crippen MR) is 88.9 cm³/mol. The number of para-hydroxylation sites is 1. The molecule has 0 saturated carbocycles. The minimum absolute atomic E-state index is 0. The van der Waals surface area contributed by atoms with Gasteiger partial charge in [-0.05, 0) is 31.9 Å². The van der Waals surface area contributed by atoms with E-state index >= 15 is 0 Å². The highest BCUT2D eigenvalue weighted by atomic mass is 16.4. The lowest BCUT2D eigenvalue weighted by Crippen LogP contribution is -2.26. The second-order valence-electron chi connectivity index (χ2n) is 4.47. The van der Waals surface area contributed by atoms with E-state index in [-0.39, 0.29) is 13.2 Å². The number of rotatable bonds is 6. The van der Waals surface area contributed by atoms with Crippen molar-refractivity contribution in [2.45, 2.75) is 41.0 Å². The molecule has 0 aliphatic rings. The SMILES string of the molecule is C.CCCN(CCC)c1ccccc1C(C)=O.COC. The lowest BCUT2D eigenvalue weighted by Gasteiger charge is -2.25. The highest BCUT2D eigenvalue weighted by Crippen LogP contribution is 2.21. The van der Waals surface area contributed by atoms with Crippen molar-refractivity contribution in [3.8, 4) is 0 Å². The van der Waals surface area contributed by atoms with Crippen LogP contribution in [-0.4, -0.2) is 33.1 Å². The maximum Gasteiger partial charge on any atom is 0.161 e. The number of hydrogen-bond acceptors (Lipinski definition) is 3. The topological polar surface area (TPSA) is 29.5 Å². The fourth-order valence-corrected chi connectivity index (χ4v) is 1.94. The second kappa shape index (κ2) is 12.7. The normalized spacial score (nSPS) is 9.05. The van der Waals surface area contributed by atoms with Gasteiger partial charge in [0, 0.05) is 38.6 Å². The fourth-order valence-electron chi connectivity index (χ4n) is 1.94. The molecule has 116 valence electrons. The molecule has 0 N–H and O–H groups in total. The minimum Gasteiger partial charge on any atom is -0.388 e. The van der Waals surface area contributed by atoms with Crippen LogP contribution < -0.4 is 4.90 Å². The van der Waals surface area contributed by atoms with Gasteiger partial charge in [0.05, 0.1) is 0 Å². The summed E-state index contributed by atoms with van der Waals surface area (Å²) in [5, 5.41) is 0. The van der Waals surface area contributed by atoms with E-state index in [0.29, 0.717) is 0 Å². The summed E-state index contributed by atoms with van der Waals surface area (Å²) < 4.78 is 4.25. The van der Waals surface area contributed by atoms with Gasteiger partial charge >= 0.3 is 0 Å². The summed E-state index contributed by atoms with van der Waals surface area (Å²) in [6.45, 7) is 7.99. The van der Waals surface area contributed by atoms with Crippen LogP contribution >= 0.6 is 0 Å². The number of hydrogen-bond donors (Lipinski definition) is 0. The van der Waals surface area contributed by atoms with Crippen LogP contribution in [0.25, 0.3) is 0 Å². The first-order valence-corrected chi connectivity index (χ1v) is 6.87. The van der Waals surface area contributed by atoms with Gasteiger partial charge < -0.3 is 9.64 Å². The first kappa shape index (κ1) is 21.0. The fraction of sp³-hybridized carbons (Fsp3) is 0.588. The van der Waals surface area contributed by atoms with Crippen LogP contribution in [0.1, 0.15) is 51.4 Å². The molecule has 0 saturated heterocycles. The average Bonchev–Trinajstić information content (AvgIpc) is 2.39. The van der Waals surface area contributed by atoms with Crippen LogP contribution in [0.2, 0.25) is 0 Å². The largest absolute Gasteiger partial charge is 0.388 e. The lowest BCUT2D eigenvalue weighted by atomic mass is 10.1. The molecule has 0 atom stereocenters. The van der Waals surface area contributed by atoms with Gasteiger partial charge in [-0.2, -0.15) is 0 Å². The molecule has 0 bridgehead atoms. The number of ketones is 1. The van der Waals surface area contributed by atoms with Gasteiger partial charge in [0.1, 0.15) is 0 Å². The number of ether oxygens (including phenoxy) is 1. The van der Waals surface area contributed by atoms with Crippen LogP contribution in [-0.2, 0) is 4.74 Å². The van der Waals surface area contributed by atoms with Crippen LogP contribution in [0.4, 0.5) is 5.69 Å². The maximum atomic E-state index is 11.6. The monoisotopic (exact) mass is 281 g/mol. The van der Waals surface area contributed by atoms with Crippen molar-refractivity contribution in [1.29, 1.82) is 0 Å². The summed E-state index contributed by atoms with van der Waals surface area (Å²) in [6, 6.07) is 7.88. The summed E-state index contributed by atoms with van der Waals surface area (Å²) in [5.41, 5.74) is 1.92. The average molecular weight is 281 g/mol. The summed E-state index contributed by atoms with van der Waals surface area (Å²) in [4.78, 5) is 13.9. The first-order chi connectivity index (χ1) is 9.12. The van der Waals surface area contributed by atoms with E-state index in [2.05, 4.69) is 23.5 Å². The molecule has 1 aromatic rings. The van der Waals surface area contributed by atoms with Crippen molar-refractivity contribution in [3.05, 3.63) is 29.8 Å². The molecular weight excluding hydrogens is 250 g/mol.